The molecule has 0 aliphatic heterocycles. The molecule has 3 nitrogen and oxygen atoms in total. The Balaban J connectivity index is 2.09. The van der Waals surface area contributed by atoms with Crippen LogP contribution in [-0.4, -0.2) is 30.9 Å². The van der Waals surface area contributed by atoms with E-state index in [1.807, 2.05) is 18.0 Å². The third kappa shape index (κ3) is 6.97. The van der Waals surface area contributed by atoms with Crippen molar-refractivity contribution in [1.82, 2.24) is 4.90 Å². The molecule has 0 unspecified atom stereocenters. The zero-order valence-electron chi connectivity index (χ0n) is 12.0. The summed E-state index contributed by atoms with van der Waals surface area (Å²) >= 11 is 0. The van der Waals surface area contributed by atoms with Crippen LogP contribution in [0.4, 0.5) is 0 Å². The first-order valence-corrected chi connectivity index (χ1v) is 7.22. The van der Waals surface area contributed by atoms with Gasteiger partial charge in [0.1, 0.15) is 0 Å². The molecule has 0 bridgehead atoms. The second kappa shape index (κ2) is 9.56. The molecule has 0 fully saturated rings. The van der Waals surface area contributed by atoms with Gasteiger partial charge in [-0.2, -0.15) is 0 Å². The van der Waals surface area contributed by atoms with E-state index in [0.717, 1.165) is 38.6 Å². The third-order valence-corrected chi connectivity index (χ3v) is 3.32. The molecule has 0 spiro atoms. The smallest absolute Gasteiger partial charge is 0.222 e. The van der Waals surface area contributed by atoms with Gasteiger partial charge in [-0.3, -0.25) is 4.79 Å². The van der Waals surface area contributed by atoms with Gasteiger partial charge >= 0.3 is 0 Å². The highest BCUT2D eigenvalue weighted by molar-refractivity contribution is 5.75. The van der Waals surface area contributed by atoms with E-state index in [-0.39, 0.29) is 5.91 Å². The lowest BCUT2D eigenvalue weighted by molar-refractivity contribution is -0.130. The molecule has 0 saturated carbocycles. The van der Waals surface area contributed by atoms with Gasteiger partial charge in [0.05, 0.1) is 0 Å². The molecule has 1 aromatic rings. The molecule has 106 valence electrons. The minimum atomic E-state index is 0.244. The van der Waals surface area contributed by atoms with E-state index in [0.29, 0.717) is 13.0 Å². The van der Waals surface area contributed by atoms with Gasteiger partial charge in [-0.05, 0) is 44.2 Å². The highest BCUT2D eigenvalue weighted by Gasteiger charge is 2.07. The fraction of sp³-hybridized carbons (Fsp3) is 0.562. The van der Waals surface area contributed by atoms with Gasteiger partial charge in [0.25, 0.3) is 0 Å². The standard InChI is InChI=1S/C16H26N2O/c1-18(16(19)12-5-7-13-17)14-8-6-11-15-9-3-2-4-10-15/h2-4,9-10H,5-8,11-14,17H2,1H3. The Hall–Kier alpha value is -1.35. The van der Waals surface area contributed by atoms with Crippen molar-refractivity contribution in [1.29, 1.82) is 0 Å². The van der Waals surface area contributed by atoms with E-state index in [9.17, 15) is 4.79 Å². The summed E-state index contributed by atoms with van der Waals surface area (Å²) in [6.45, 7) is 1.53. The van der Waals surface area contributed by atoms with Crippen molar-refractivity contribution in [3.63, 3.8) is 0 Å². The number of rotatable bonds is 9. The van der Waals surface area contributed by atoms with Gasteiger partial charge in [-0.1, -0.05) is 30.3 Å². The summed E-state index contributed by atoms with van der Waals surface area (Å²) in [7, 11) is 1.90. The number of nitrogens with zero attached hydrogens (tertiary/aromatic N) is 1. The molecular formula is C16H26N2O. The summed E-state index contributed by atoms with van der Waals surface area (Å²) < 4.78 is 0. The SMILES string of the molecule is CN(CCCCc1ccccc1)C(=O)CCCCN. The topological polar surface area (TPSA) is 46.3 Å². The Labute approximate surface area is 116 Å². The summed E-state index contributed by atoms with van der Waals surface area (Å²) in [6.07, 6.45) is 5.76. The van der Waals surface area contributed by atoms with Crippen molar-refractivity contribution >= 4 is 5.91 Å². The normalized spacial score (nSPS) is 10.4. The molecule has 0 heterocycles. The number of nitrogens with two attached hydrogens (primary N) is 1. The first-order chi connectivity index (χ1) is 9.24. The second-order valence-corrected chi connectivity index (χ2v) is 5.00. The van der Waals surface area contributed by atoms with Gasteiger partial charge in [0, 0.05) is 20.0 Å². The van der Waals surface area contributed by atoms with Gasteiger partial charge in [0.15, 0.2) is 0 Å². The van der Waals surface area contributed by atoms with Crippen molar-refractivity contribution in [3.05, 3.63) is 35.9 Å². The van der Waals surface area contributed by atoms with E-state index < -0.39 is 0 Å². The Morgan fingerprint density at radius 2 is 1.84 bits per heavy atom. The van der Waals surface area contributed by atoms with Crippen molar-refractivity contribution < 1.29 is 4.79 Å². The number of hydrogen-bond donors (Lipinski definition) is 1. The maximum absolute atomic E-state index is 11.8. The van der Waals surface area contributed by atoms with Gasteiger partial charge < -0.3 is 10.6 Å². The molecule has 19 heavy (non-hydrogen) atoms. The average Bonchev–Trinajstić information content (AvgIpc) is 2.44. The van der Waals surface area contributed by atoms with E-state index >= 15 is 0 Å². The van der Waals surface area contributed by atoms with Crippen LogP contribution in [0.15, 0.2) is 30.3 Å². The molecule has 0 aliphatic rings. The predicted octanol–water partition coefficient (Wildman–Crippen LogP) is 2.60. The van der Waals surface area contributed by atoms with Crippen LogP contribution in [0.25, 0.3) is 0 Å². The van der Waals surface area contributed by atoms with Crippen LogP contribution in [0, 0.1) is 0 Å². The number of hydrogen-bond acceptors (Lipinski definition) is 2. The van der Waals surface area contributed by atoms with Crippen LogP contribution in [0.3, 0.4) is 0 Å². The minimum Gasteiger partial charge on any atom is -0.346 e. The number of carbonyl (C=O) groups is 1. The molecule has 2 N–H and O–H groups in total. The molecule has 1 amide bonds. The van der Waals surface area contributed by atoms with Crippen LogP contribution in [0.5, 0.6) is 0 Å². The van der Waals surface area contributed by atoms with Crippen LogP contribution in [0.1, 0.15) is 37.7 Å². The monoisotopic (exact) mass is 262 g/mol. The maximum atomic E-state index is 11.8. The zero-order chi connectivity index (χ0) is 13.9. The summed E-state index contributed by atoms with van der Waals surface area (Å²) in [5, 5.41) is 0. The molecule has 0 aromatic heterocycles. The third-order valence-electron chi connectivity index (χ3n) is 3.32. The highest BCUT2D eigenvalue weighted by Crippen LogP contribution is 2.06. The number of aryl methyl sites for hydroxylation is 1. The minimum absolute atomic E-state index is 0.244. The van der Waals surface area contributed by atoms with Crippen molar-refractivity contribution in [3.8, 4) is 0 Å². The summed E-state index contributed by atoms with van der Waals surface area (Å²) in [6, 6.07) is 10.5. The Bertz CT molecular complexity index is 351. The lowest BCUT2D eigenvalue weighted by Gasteiger charge is -2.17. The van der Waals surface area contributed by atoms with Crippen molar-refractivity contribution in [2.24, 2.45) is 5.73 Å². The molecule has 0 radical (unpaired) electrons. The Morgan fingerprint density at radius 1 is 1.11 bits per heavy atom. The van der Waals surface area contributed by atoms with Crippen LogP contribution >= 0.6 is 0 Å². The molecule has 0 atom stereocenters. The van der Waals surface area contributed by atoms with Crippen LogP contribution in [-0.2, 0) is 11.2 Å². The first-order valence-electron chi connectivity index (χ1n) is 7.22. The zero-order valence-corrected chi connectivity index (χ0v) is 12.0. The fourth-order valence-electron chi connectivity index (χ4n) is 2.06. The number of carbonyl (C=O) groups excluding carboxylic acids is 1. The average molecular weight is 262 g/mol. The van der Waals surface area contributed by atoms with E-state index in [1.54, 1.807) is 0 Å². The summed E-state index contributed by atoms with van der Waals surface area (Å²) in [4.78, 5) is 13.6. The van der Waals surface area contributed by atoms with E-state index in [1.165, 1.54) is 5.56 Å². The quantitative estimate of drug-likeness (QED) is 0.695. The lowest BCUT2D eigenvalue weighted by atomic mass is 10.1. The van der Waals surface area contributed by atoms with Gasteiger partial charge in [-0.15, -0.1) is 0 Å². The fourth-order valence-corrected chi connectivity index (χ4v) is 2.06. The number of amides is 1. The molecular weight excluding hydrogens is 236 g/mol. The maximum Gasteiger partial charge on any atom is 0.222 e. The van der Waals surface area contributed by atoms with E-state index in [4.69, 9.17) is 5.73 Å². The van der Waals surface area contributed by atoms with Crippen molar-refractivity contribution in [2.45, 2.75) is 38.5 Å². The van der Waals surface area contributed by atoms with Crippen LogP contribution < -0.4 is 5.73 Å². The predicted molar refractivity (Wildman–Crippen MR) is 79.9 cm³/mol. The van der Waals surface area contributed by atoms with E-state index in [2.05, 4.69) is 24.3 Å². The highest BCUT2D eigenvalue weighted by atomic mass is 16.2. The Morgan fingerprint density at radius 3 is 2.53 bits per heavy atom. The summed E-state index contributed by atoms with van der Waals surface area (Å²) in [5.74, 6) is 0.244. The van der Waals surface area contributed by atoms with Crippen LogP contribution in [0.2, 0.25) is 0 Å². The lowest BCUT2D eigenvalue weighted by Crippen LogP contribution is -2.27. The largest absolute Gasteiger partial charge is 0.346 e. The molecule has 1 aromatic carbocycles. The van der Waals surface area contributed by atoms with Gasteiger partial charge in [-0.25, -0.2) is 0 Å². The molecule has 0 aliphatic carbocycles. The van der Waals surface area contributed by atoms with Gasteiger partial charge in [0.2, 0.25) is 5.91 Å². The number of benzene rings is 1. The number of unbranched alkanes of at least 4 members (excludes halogenated alkanes) is 2. The second-order valence-electron chi connectivity index (χ2n) is 5.00. The Kier molecular flexibility index (Phi) is 7.91. The molecule has 3 heteroatoms. The first kappa shape index (κ1) is 15.7. The summed E-state index contributed by atoms with van der Waals surface area (Å²) in [5.41, 5.74) is 6.79. The molecule has 1 rings (SSSR count). The molecule has 0 saturated heterocycles. The van der Waals surface area contributed by atoms with Crippen molar-refractivity contribution in [2.75, 3.05) is 20.1 Å².